The highest BCUT2D eigenvalue weighted by Crippen LogP contribution is 2.34. The summed E-state index contributed by atoms with van der Waals surface area (Å²) in [6, 6.07) is 11.5. The molecule has 0 radical (unpaired) electrons. The molecular formula is C19H23NO4. The summed E-state index contributed by atoms with van der Waals surface area (Å²) < 4.78 is 16.7. The fourth-order valence-corrected chi connectivity index (χ4v) is 2.71. The maximum Gasteiger partial charge on any atom is 0.235 e. The van der Waals surface area contributed by atoms with Crippen molar-refractivity contribution < 1.29 is 19.0 Å². The Kier molecular flexibility index (Phi) is 4.24. The summed E-state index contributed by atoms with van der Waals surface area (Å²) in [5.74, 6) is 0.0151. The van der Waals surface area contributed by atoms with Gasteiger partial charge in [0.1, 0.15) is 5.75 Å². The molecule has 1 aliphatic rings. The average Bonchev–Trinajstić information content (AvgIpc) is 2.58. The van der Waals surface area contributed by atoms with Gasteiger partial charge in [0.15, 0.2) is 5.79 Å². The molecule has 1 heterocycles. The van der Waals surface area contributed by atoms with Gasteiger partial charge in [0, 0.05) is 16.5 Å². The van der Waals surface area contributed by atoms with Gasteiger partial charge in [0.05, 0.1) is 25.7 Å². The van der Waals surface area contributed by atoms with Crippen LogP contribution in [0.3, 0.4) is 0 Å². The van der Waals surface area contributed by atoms with E-state index in [1.165, 1.54) is 0 Å². The Morgan fingerprint density at radius 2 is 1.67 bits per heavy atom. The van der Waals surface area contributed by atoms with Crippen LogP contribution in [-0.2, 0) is 14.3 Å². The summed E-state index contributed by atoms with van der Waals surface area (Å²) in [6.07, 6.45) is 0. The first-order valence-corrected chi connectivity index (χ1v) is 8.00. The van der Waals surface area contributed by atoms with Crippen molar-refractivity contribution in [3.63, 3.8) is 0 Å². The molecule has 0 aliphatic carbocycles. The van der Waals surface area contributed by atoms with Gasteiger partial charge < -0.3 is 19.5 Å². The van der Waals surface area contributed by atoms with E-state index >= 15 is 0 Å². The van der Waals surface area contributed by atoms with E-state index in [-0.39, 0.29) is 5.91 Å². The molecular weight excluding hydrogens is 306 g/mol. The minimum absolute atomic E-state index is 0.117. The molecule has 1 saturated heterocycles. The van der Waals surface area contributed by atoms with Gasteiger partial charge in [-0.2, -0.15) is 0 Å². The fraction of sp³-hybridized carbons (Fsp3) is 0.421. The van der Waals surface area contributed by atoms with Crippen LogP contribution in [0.5, 0.6) is 5.75 Å². The molecule has 0 spiro atoms. The lowest BCUT2D eigenvalue weighted by atomic mass is 9.90. The highest BCUT2D eigenvalue weighted by Gasteiger charge is 2.42. The van der Waals surface area contributed by atoms with Crippen LogP contribution < -0.4 is 10.1 Å². The summed E-state index contributed by atoms with van der Waals surface area (Å²) in [4.78, 5) is 12.8. The van der Waals surface area contributed by atoms with Crippen LogP contribution in [0.15, 0.2) is 36.4 Å². The monoisotopic (exact) mass is 329 g/mol. The van der Waals surface area contributed by atoms with Crippen molar-refractivity contribution in [2.24, 2.45) is 5.41 Å². The van der Waals surface area contributed by atoms with E-state index in [2.05, 4.69) is 5.32 Å². The highest BCUT2D eigenvalue weighted by molar-refractivity contribution is 6.05. The molecule has 1 amide bonds. The zero-order chi connectivity index (χ0) is 17.4. The molecule has 0 unspecified atom stereocenters. The van der Waals surface area contributed by atoms with Crippen LogP contribution in [-0.4, -0.2) is 32.0 Å². The quantitative estimate of drug-likeness (QED) is 0.935. The Bertz CT molecular complexity index is 759. The molecule has 0 bridgehead atoms. The number of carbonyl (C=O) groups excluding carboxylic acids is 1. The van der Waals surface area contributed by atoms with Crippen molar-refractivity contribution in [1.82, 2.24) is 0 Å². The van der Waals surface area contributed by atoms with Crippen molar-refractivity contribution in [3.8, 4) is 5.75 Å². The predicted octanol–water partition coefficient (Wildman–Crippen LogP) is 3.58. The molecule has 24 heavy (non-hydrogen) atoms. The van der Waals surface area contributed by atoms with E-state index in [1.54, 1.807) is 7.11 Å². The summed E-state index contributed by atoms with van der Waals surface area (Å²) >= 11 is 0. The Labute approximate surface area is 141 Å². The minimum Gasteiger partial charge on any atom is -0.496 e. The van der Waals surface area contributed by atoms with E-state index in [1.807, 2.05) is 57.2 Å². The first-order chi connectivity index (χ1) is 11.3. The second kappa shape index (κ2) is 6.07. The van der Waals surface area contributed by atoms with Crippen molar-refractivity contribution in [2.45, 2.75) is 26.6 Å². The van der Waals surface area contributed by atoms with Gasteiger partial charge in [-0.3, -0.25) is 4.79 Å². The Balaban J connectivity index is 1.86. The van der Waals surface area contributed by atoms with Crippen molar-refractivity contribution in [3.05, 3.63) is 36.4 Å². The standard InChI is InChI=1S/C19H23NO4/c1-18(2)23-11-19(3,12-24-18)17(21)20-15-9-10-16(22-4)14-8-6-5-7-13(14)15/h5-10H,11-12H2,1-4H3,(H,20,21). The number of nitrogens with one attached hydrogen (secondary N) is 1. The van der Waals surface area contributed by atoms with Crippen LogP contribution >= 0.6 is 0 Å². The first kappa shape index (κ1) is 16.7. The summed E-state index contributed by atoms with van der Waals surface area (Å²) in [7, 11) is 1.64. The molecule has 2 aromatic rings. The Hall–Kier alpha value is -2.11. The SMILES string of the molecule is COc1ccc(NC(=O)C2(C)COC(C)(C)OC2)c2ccccc12. The lowest BCUT2D eigenvalue weighted by Crippen LogP contribution is -2.50. The van der Waals surface area contributed by atoms with Gasteiger partial charge in [-0.15, -0.1) is 0 Å². The number of hydrogen-bond acceptors (Lipinski definition) is 4. The molecule has 0 aromatic heterocycles. The molecule has 0 saturated carbocycles. The van der Waals surface area contributed by atoms with Crippen molar-refractivity contribution in [2.75, 3.05) is 25.6 Å². The van der Waals surface area contributed by atoms with Crippen LogP contribution in [0.2, 0.25) is 0 Å². The molecule has 5 heteroatoms. The Morgan fingerprint density at radius 3 is 2.29 bits per heavy atom. The van der Waals surface area contributed by atoms with Gasteiger partial charge >= 0.3 is 0 Å². The first-order valence-electron chi connectivity index (χ1n) is 8.00. The minimum atomic E-state index is -0.726. The zero-order valence-corrected chi connectivity index (χ0v) is 14.5. The van der Waals surface area contributed by atoms with Crippen molar-refractivity contribution >= 4 is 22.4 Å². The van der Waals surface area contributed by atoms with E-state index < -0.39 is 11.2 Å². The molecule has 2 aromatic carbocycles. The number of benzene rings is 2. The average molecular weight is 329 g/mol. The fourth-order valence-electron chi connectivity index (χ4n) is 2.71. The van der Waals surface area contributed by atoms with Gasteiger partial charge in [0.25, 0.3) is 0 Å². The molecule has 1 fully saturated rings. The topological polar surface area (TPSA) is 56.8 Å². The molecule has 3 rings (SSSR count). The van der Waals surface area contributed by atoms with E-state index in [0.717, 1.165) is 22.2 Å². The van der Waals surface area contributed by atoms with Crippen LogP contribution in [0.4, 0.5) is 5.69 Å². The Morgan fingerprint density at radius 1 is 1.04 bits per heavy atom. The van der Waals surface area contributed by atoms with E-state index in [0.29, 0.717) is 13.2 Å². The van der Waals surface area contributed by atoms with Crippen LogP contribution in [0.1, 0.15) is 20.8 Å². The third-order valence-corrected chi connectivity index (χ3v) is 4.38. The van der Waals surface area contributed by atoms with E-state index in [4.69, 9.17) is 14.2 Å². The lowest BCUT2D eigenvalue weighted by Gasteiger charge is -2.40. The maximum atomic E-state index is 12.8. The van der Waals surface area contributed by atoms with Gasteiger partial charge in [-0.05, 0) is 32.9 Å². The predicted molar refractivity (Wildman–Crippen MR) is 93.2 cm³/mol. The van der Waals surface area contributed by atoms with Crippen LogP contribution in [0, 0.1) is 5.41 Å². The third kappa shape index (κ3) is 3.09. The smallest absolute Gasteiger partial charge is 0.235 e. The van der Waals surface area contributed by atoms with Gasteiger partial charge in [0.2, 0.25) is 5.91 Å². The van der Waals surface area contributed by atoms with Crippen LogP contribution in [0.25, 0.3) is 10.8 Å². The number of amides is 1. The number of rotatable bonds is 3. The molecule has 0 atom stereocenters. The lowest BCUT2D eigenvalue weighted by molar-refractivity contribution is -0.276. The number of fused-ring (bicyclic) bond motifs is 1. The van der Waals surface area contributed by atoms with Gasteiger partial charge in [-0.25, -0.2) is 0 Å². The zero-order valence-electron chi connectivity index (χ0n) is 14.5. The molecule has 128 valence electrons. The third-order valence-electron chi connectivity index (χ3n) is 4.38. The molecule has 1 N–H and O–H groups in total. The summed E-state index contributed by atoms with van der Waals surface area (Å²) in [5, 5.41) is 4.91. The summed E-state index contributed by atoms with van der Waals surface area (Å²) in [6.45, 7) is 6.19. The number of carbonyl (C=O) groups is 1. The normalized spacial score (nSPS) is 19.0. The number of methoxy groups -OCH3 is 1. The summed E-state index contributed by atoms with van der Waals surface area (Å²) in [5.41, 5.74) is 0.0266. The highest BCUT2D eigenvalue weighted by atomic mass is 16.7. The maximum absolute atomic E-state index is 12.8. The van der Waals surface area contributed by atoms with Gasteiger partial charge in [-0.1, -0.05) is 24.3 Å². The van der Waals surface area contributed by atoms with E-state index in [9.17, 15) is 4.79 Å². The second-order valence-electron chi connectivity index (χ2n) is 6.85. The molecule has 5 nitrogen and oxygen atoms in total. The number of ether oxygens (including phenoxy) is 3. The van der Waals surface area contributed by atoms with Crippen molar-refractivity contribution in [1.29, 1.82) is 0 Å². The number of hydrogen-bond donors (Lipinski definition) is 1. The number of anilines is 1. The molecule has 1 aliphatic heterocycles. The second-order valence-corrected chi connectivity index (χ2v) is 6.85. The largest absolute Gasteiger partial charge is 0.496 e.